The summed E-state index contributed by atoms with van der Waals surface area (Å²) in [7, 11) is 0. The number of fused-ring (bicyclic) bond motifs is 1. The molecule has 4 nitrogen and oxygen atoms in total. The van der Waals surface area contributed by atoms with Gasteiger partial charge in [-0.15, -0.1) is 0 Å². The van der Waals surface area contributed by atoms with Crippen molar-refractivity contribution in [2.24, 2.45) is 5.73 Å². The molecule has 3 rings (SSSR count). The van der Waals surface area contributed by atoms with Crippen molar-refractivity contribution in [1.82, 2.24) is 4.98 Å². The lowest BCUT2D eigenvalue weighted by Crippen LogP contribution is -2.25. The average molecular weight is 256 g/mol. The molecule has 0 radical (unpaired) electrons. The molecule has 98 valence electrons. The van der Waals surface area contributed by atoms with Crippen LogP contribution in [0.15, 0.2) is 36.5 Å². The smallest absolute Gasteiger partial charge is 0.191 e. The van der Waals surface area contributed by atoms with Gasteiger partial charge in [0, 0.05) is 23.7 Å². The van der Waals surface area contributed by atoms with Gasteiger partial charge in [0.2, 0.25) is 0 Å². The number of hydrogen-bond acceptors (Lipinski definition) is 4. The van der Waals surface area contributed by atoms with Gasteiger partial charge in [-0.1, -0.05) is 6.07 Å². The van der Waals surface area contributed by atoms with Gasteiger partial charge in [-0.05, 0) is 37.1 Å². The van der Waals surface area contributed by atoms with Gasteiger partial charge in [0.15, 0.2) is 5.78 Å². The summed E-state index contributed by atoms with van der Waals surface area (Å²) < 4.78 is 5.65. The SMILES string of the molecule is NCC1CCC(C(=O)c2ccc3ncccc3c2)O1. The van der Waals surface area contributed by atoms with Crippen molar-refractivity contribution < 1.29 is 9.53 Å². The highest BCUT2D eigenvalue weighted by molar-refractivity contribution is 6.02. The largest absolute Gasteiger partial charge is 0.366 e. The summed E-state index contributed by atoms with van der Waals surface area (Å²) in [4.78, 5) is 16.6. The van der Waals surface area contributed by atoms with Gasteiger partial charge in [-0.3, -0.25) is 9.78 Å². The van der Waals surface area contributed by atoms with Gasteiger partial charge in [0.05, 0.1) is 11.6 Å². The zero-order valence-electron chi connectivity index (χ0n) is 10.6. The Morgan fingerprint density at radius 3 is 3.05 bits per heavy atom. The van der Waals surface area contributed by atoms with E-state index in [2.05, 4.69) is 4.98 Å². The highest BCUT2D eigenvalue weighted by Gasteiger charge is 2.30. The third-order valence-corrected chi connectivity index (χ3v) is 3.55. The monoisotopic (exact) mass is 256 g/mol. The third-order valence-electron chi connectivity index (χ3n) is 3.55. The number of nitrogens with two attached hydrogens (primary N) is 1. The van der Waals surface area contributed by atoms with E-state index in [0.29, 0.717) is 12.1 Å². The normalized spacial score (nSPS) is 22.8. The van der Waals surface area contributed by atoms with Crippen molar-refractivity contribution in [3.05, 3.63) is 42.1 Å². The third kappa shape index (κ3) is 2.37. The molecular formula is C15H16N2O2. The summed E-state index contributed by atoms with van der Waals surface area (Å²) in [6.07, 6.45) is 3.04. The van der Waals surface area contributed by atoms with Gasteiger partial charge in [0.1, 0.15) is 6.10 Å². The first-order valence-electron chi connectivity index (χ1n) is 6.52. The lowest BCUT2D eigenvalue weighted by molar-refractivity contribution is 0.0404. The van der Waals surface area contributed by atoms with Crippen LogP contribution in [0.2, 0.25) is 0 Å². The number of carbonyl (C=O) groups excluding carboxylic acids is 1. The van der Waals surface area contributed by atoms with Crippen molar-refractivity contribution in [1.29, 1.82) is 0 Å². The van der Waals surface area contributed by atoms with E-state index < -0.39 is 0 Å². The molecule has 2 heterocycles. The van der Waals surface area contributed by atoms with Crippen LogP contribution in [0.1, 0.15) is 23.2 Å². The minimum atomic E-state index is -0.345. The summed E-state index contributed by atoms with van der Waals surface area (Å²) in [5, 5.41) is 0.974. The number of Topliss-reactive ketones (excluding diaryl/α,β-unsaturated/α-hetero) is 1. The maximum absolute atomic E-state index is 12.4. The molecule has 1 aliphatic heterocycles. The average Bonchev–Trinajstić information content (AvgIpc) is 2.95. The molecule has 0 saturated carbocycles. The second-order valence-electron chi connectivity index (χ2n) is 4.83. The predicted octanol–water partition coefficient (Wildman–Crippen LogP) is 1.92. The number of rotatable bonds is 3. The zero-order valence-corrected chi connectivity index (χ0v) is 10.6. The number of nitrogens with zero attached hydrogens (tertiary/aromatic N) is 1. The van der Waals surface area contributed by atoms with E-state index in [-0.39, 0.29) is 18.0 Å². The fraction of sp³-hybridized carbons (Fsp3) is 0.333. The number of benzene rings is 1. The van der Waals surface area contributed by atoms with Crippen LogP contribution in [-0.2, 0) is 4.74 Å². The first-order valence-corrected chi connectivity index (χ1v) is 6.52. The fourth-order valence-corrected chi connectivity index (χ4v) is 2.49. The molecule has 1 aromatic carbocycles. The van der Waals surface area contributed by atoms with Crippen LogP contribution >= 0.6 is 0 Å². The molecule has 4 heteroatoms. The lowest BCUT2D eigenvalue weighted by atomic mass is 10.0. The minimum Gasteiger partial charge on any atom is -0.366 e. The Kier molecular flexibility index (Phi) is 3.27. The molecule has 0 amide bonds. The molecule has 2 unspecified atom stereocenters. The molecule has 1 aromatic heterocycles. The zero-order chi connectivity index (χ0) is 13.2. The Morgan fingerprint density at radius 2 is 2.26 bits per heavy atom. The first kappa shape index (κ1) is 12.3. The van der Waals surface area contributed by atoms with Gasteiger partial charge >= 0.3 is 0 Å². The molecule has 1 aliphatic rings. The highest BCUT2D eigenvalue weighted by atomic mass is 16.5. The molecule has 0 aliphatic carbocycles. The molecule has 2 aromatic rings. The fourth-order valence-electron chi connectivity index (χ4n) is 2.49. The van der Waals surface area contributed by atoms with Crippen molar-refractivity contribution in [3.63, 3.8) is 0 Å². The van der Waals surface area contributed by atoms with Crippen LogP contribution in [0.25, 0.3) is 10.9 Å². The number of pyridine rings is 1. The number of aromatic nitrogens is 1. The predicted molar refractivity (Wildman–Crippen MR) is 73.0 cm³/mol. The number of ether oxygens (including phenoxy) is 1. The minimum absolute atomic E-state index is 0.0241. The van der Waals surface area contributed by atoms with Crippen LogP contribution in [0.4, 0.5) is 0 Å². The van der Waals surface area contributed by atoms with Crippen molar-refractivity contribution in [2.45, 2.75) is 25.0 Å². The number of hydrogen-bond donors (Lipinski definition) is 1. The molecule has 1 fully saturated rings. The molecule has 2 atom stereocenters. The molecular weight excluding hydrogens is 240 g/mol. The van der Waals surface area contributed by atoms with Crippen LogP contribution in [0.5, 0.6) is 0 Å². The maximum atomic E-state index is 12.4. The lowest BCUT2D eigenvalue weighted by Gasteiger charge is -2.11. The van der Waals surface area contributed by atoms with Crippen LogP contribution in [0, 0.1) is 0 Å². The molecule has 1 saturated heterocycles. The Hall–Kier alpha value is -1.78. The molecule has 19 heavy (non-hydrogen) atoms. The van der Waals surface area contributed by atoms with E-state index in [1.54, 1.807) is 6.20 Å². The summed E-state index contributed by atoms with van der Waals surface area (Å²) >= 11 is 0. The van der Waals surface area contributed by atoms with Gasteiger partial charge < -0.3 is 10.5 Å². The van der Waals surface area contributed by atoms with Gasteiger partial charge in [0.25, 0.3) is 0 Å². The Morgan fingerprint density at radius 1 is 1.37 bits per heavy atom. The number of ketones is 1. The quantitative estimate of drug-likeness (QED) is 0.852. The van der Waals surface area contributed by atoms with E-state index in [1.165, 1.54) is 0 Å². The number of carbonyl (C=O) groups is 1. The second kappa shape index (κ2) is 5.07. The summed E-state index contributed by atoms with van der Waals surface area (Å²) in [6, 6.07) is 9.39. The van der Waals surface area contributed by atoms with Crippen LogP contribution in [0.3, 0.4) is 0 Å². The van der Waals surface area contributed by atoms with Crippen molar-refractivity contribution in [3.8, 4) is 0 Å². The standard InChI is InChI=1S/C15H16N2O2/c16-9-12-4-6-14(19-12)15(18)11-3-5-13-10(8-11)2-1-7-17-13/h1-3,5,7-8,12,14H,4,6,9,16H2. The summed E-state index contributed by atoms with van der Waals surface area (Å²) in [6.45, 7) is 0.478. The second-order valence-corrected chi connectivity index (χ2v) is 4.83. The van der Waals surface area contributed by atoms with Gasteiger partial charge in [-0.2, -0.15) is 0 Å². The van der Waals surface area contributed by atoms with E-state index in [0.717, 1.165) is 23.7 Å². The van der Waals surface area contributed by atoms with Crippen molar-refractivity contribution in [2.75, 3.05) is 6.54 Å². The van der Waals surface area contributed by atoms with E-state index >= 15 is 0 Å². The Labute approximate surface area is 111 Å². The maximum Gasteiger partial charge on any atom is 0.191 e. The van der Waals surface area contributed by atoms with E-state index in [9.17, 15) is 4.79 Å². The first-order chi connectivity index (χ1) is 9.28. The van der Waals surface area contributed by atoms with Crippen LogP contribution in [-0.4, -0.2) is 29.5 Å². The summed E-state index contributed by atoms with van der Waals surface area (Å²) in [5.41, 5.74) is 7.14. The van der Waals surface area contributed by atoms with Crippen molar-refractivity contribution >= 4 is 16.7 Å². The Bertz CT molecular complexity index is 612. The van der Waals surface area contributed by atoms with E-state index in [4.69, 9.17) is 10.5 Å². The molecule has 0 spiro atoms. The molecule has 0 bridgehead atoms. The summed E-state index contributed by atoms with van der Waals surface area (Å²) in [5.74, 6) is 0.0432. The molecule has 2 N–H and O–H groups in total. The van der Waals surface area contributed by atoms with Gasteiger partial charge in [-0.25, -0.2) is 0 Å². The Balaban J connectivity index is 1.85. The highest BCUT2D eigenvalue weighted by Crippen LogP contribution is 2.23. The van der Waals surface area contributed by atoms with E-state index in [1.807, 2.05) is 30.3 Å². The van der Waals surface area contributed by atoms with Crippen LogP contribution < -0.4 is 5.73 Å². The topological polar surface area (TPSA) is 65.2 Å².